The van der Waals surface area contributed by atoms with Crippen LogP contribution in [0.3, 0.4) is 0 Å². The molecule has 0 aliphatic heterocycles. The molecule has 0 fully saturated rings. The fourth-order valence-electron chi connectivity index (χ4n) is 1.86. The van der Waals surface area contributed by atoms with Gasteiger partial charge in [0, 0.05) is 18.0 Å². The summed E-state index contributed by atoms with van der Waals surface area (Å²) in [6.45, 7) is 2.96. The molecular formula is C14H18N2O2S2. The van der Waals surface area contributed by atoms with Crippen LogP contribution in [0.15, 0.2) is 40.6 Å². The van der Waals surface area contributed by atoms with Crippen LogP contribution in [0.5, 0.6) is 0 Å². The van der Waals surface area contributed by atoms with Crippen LogP contribution in [0.2, 0.25) is 0 Å². The standard InChI is InChI=1S/C14H18N2O2S2/c1-11-6-7-19-14(11)10-16-20(17,18)13-5-3-4-12(8-13)9-15-2/h3-8,15-16H,9-10H2,1-2H3. The van der Waals surface area contributed by atoms with Gasteiger partial charge in [-0.3, -0.25) is 0 Å². The molecule has 0 unspecified atom stereocenters. The Bertz CT molecular complexity index is 678. The summed E-state index contributed by atoms with van der Waals surface area (Å²) in [5.41, 5.74) is 2.06. The van der Waals surface area contributed by atoms with Crippen molar-refractivity contribution in [1.82, 2.24) is 10.0 Å². The third-order valence-electron chi connectivity index (χ3n) is 2.98. The van der Waals surface area contributed by atoms with Gasteiger partial charge in [-0.05, 0) is 48.7 Å². The first kappa shape index (κ1) is 15.2. The molecule has 0 saturated carbocycles. The van der Waals surface area contributed by atoms with Crippen LogP contribution in [0.25, 0.3) is 0 Å². The fourth-order valence-corrected chi connectivity index (χ4v) is 3.86. The van der Waals surface area contributed by atoms with Gasteiger partial charge in [0.2, 0.25) is 10.0 Å². The largest absolute Gasteiger partial charge is 0.316 e. The van der Waals surface area contributed by atoms with Gasteiger partial charge in [-0.2, -0.15) is 0 Å². The van der Waals surface area contributed by atoms with Crippen molar-refractivity contribution in [2.24, 2.45) is 0 Å². The van der Waals surface area contributed by atoms with Crippen molar-refractivity contribution >= 4 is 21.4 Å². The van der Waals surface area contributed by atoms with Gasteiger partial charge < -0.3 is 5.32 Å². The second-order valence-electron chi connectivity index (χ2n) is 4.53. The van der Waals surface area contributed by atoms with E-state index in [1.807, 2.05) is 31.5 Å². The van der Waals surface area contributed by atoms with E-state index in [4.69, 9.17) is 0 Å². The van der Waals surface area contributed by atoms with E-state index in [0.29, 0.717) is 18.0 Å². The Morgan fingerprint density at radius 2 is 2.00 bits per heavy atom. The Morgan fingerprint density at radius 3 is 2.65 bits per heavy atom. The quantitative estimate of drug-likeness (QED) is 0.860. The number of benzene rings is 1. The Labute approximate surface area is 123 Å². The maximum absolute atomic E-state index is 12.3. The summed E-state index contributed by atoms with van der Waals surface area (Å²) in [7, 11) is -1.63. The number of thiophene rings is 1. The molecule has 0 aliphatic rings. The van der Waals surface area contributed by atoms with Crippen LogP contribution in [0.4, 0.5) is 0 Å². The molecule has 0 spiro atoms. The average Bonchev–Trinajstić information content (AvgIpc) is 2.83. The number of sulfonamides is 1. The number of aryl methyl sites for hydroxylation is 1. The highest BCUT2D eigenvalue weighted by Crippen LogP contribution is 2.17. The Balaban J connectivity index is 2.14. The van der Waals surface area contributed by atoms with Crippen molar-refractivity contribution < 1.29 is 8.42 Å². The molecule has 0 saturated heterocycles. The topological polar surface area (TPSA) is 58.2 Å². The molecule has 20 heavy (non-hydrogen) atoms. The molecule has 2 N–H and O–H groups in total. The van der Waals surface area contributed by atoms with Crippen molar-refractivity contribution in [3.63, 3.8) is 0 Å². The highest BCUT2D eigenvalue weighted by Gasteiger charge is 2.14. The smallest absolute Gasteiger partial charge is 0.240 e. The van der Waals surface area contributed by atoms with E-state index < -0.39 is 10.0 Å². The minimum atomic E-state index is -3.47. The lowest BCUT2D eigenvalue weighted by molar-refractivity contribution is 0.581. The monoisotopic (exact) mass is 310 g/mol. The van der Waals surface area contributed by atoms with Gasteiger partial charge in [-0.15, -0.1) is 11.3 Å². The first-order valence-electron chi connectivity index (χ1n) is 6.29. The van der Waals surface area contributed by atoms with Gasteiger partial charge in [-0.25, -0.2) is 13.1 Å². The zero-order valence-electron chi connectivity index (χ0n) is 11.5. The minimum absolute atomic E-state index is 0.305. The number of hydrogen-bond acceptors (Lipinski definition) is 4. The van der Waals surface area contributed by atoms with E-state index in [9.17, 15) is 8.42 Å². The molecule has 0 atom stereocenters. The van der Waals surface area contributed by atoms with Crippen LogP contribution in [-0.4, -0.2) is 15.5 Å². The highest BCUT2D eigenvalue weighted by atomic mass is 32.2. The molecule has 0 bridgehead atoms. The Morgan fingerprint density at radius 1 is 1.20 bits per heavy atom. The van der Waals surface area contributed by atoms with E-state index >= 15 is 0 Å². The van der Waals surface area contributed by atoms with Gasteiger partial charge in [0.05, 0.1) is 4.90 Å². The van der Waals surface area contributed by atoms with Gasteiger partial charge >= 0.3 is 0 Å². The van der Waals surface area contributed by atoms with Crippen molar-refractivity contribution in [1.29, 1.82) is 0 Å². The van der Waals surface area contributed by atoms with Gasteiger partial charge in [0.15, 0.2) is 0 Å². The average molecular weight is 310 g/mol. The van der Waals surface area contributed by atoms with Crippen LogP contribution < -0.4 is 10.0 Å². The molecule has 1 heterocycles. The maximum Gasteiger partial charge on any atom is 0.240 e. The van der Waals surface area contributed by atoms with Gasteiger partial charge in [0.25, 0.3) is 0 Å². The van der Waals surface area contributed by atoms with Crippen LogP contribution in [-0.2, 0) is 23.1 Å². The van der Waals surface area contributed by atoms with Crippen molar-refractivity contribution in [3.8, 4) is 0 Å². The van der Waals surface area contributed by atoms with Gasteiger partial charge in [0.1, 0.15) is 0 Å². The number of rotatable bonds is 6. The first-order chi connectivity index (χ1) is 9.53. The van der Waals surface area contributed by atoms with Crippen LogP contribution >= 0.6 is 11.3 Å². The lowest BCUT2D eigenvalue weighted by Gasteiger charge is -2.08. The summed E-state index contributed by atoms with van der Waals surface area (Å²) in [6.07, 6.45) is 0. The molecule has 108 valence electrons. The van der Waals surface area contributed by atoms with Crippen molar-refractivity contribution in [2.75, 3.05) is 7.05 Å². The van der Waals surface area contributed by atoms with E-state index in [1.54, 1.807) is 29.5 Å². The first-order valence-corrected chi connectivity index (χ1v) is 8.65. The third kappa shape index (κ3) is 3.67. The summed E-state index contributed by atoms with van der Waals surface area (Å²) in [5.74, 6) is 0. The Kier molecular flexibility index (Phi) is 4.93. The molecule has 0 aliphatic carbocycles. The minimum Gasteiger partial charge on any atom is -0.316 e. The SMILES string of the molecule is CNCc1cccc(S(=O)(=O)NCc2sccc2C)c1. The molecule has 1 aromatic carbocycles. The summed E-state index contributed by atoms with van der Waals surface area (Å²) in [6, 6.07) is 8.96. The summed E-state index contributed by atoms with van der Waals surface area (Å²) in [5, 5.41) is 4.98. The number of hydrogen-bond donors (Lipinski definition) is 2. The third-order valence-corrected chi connectivity index (χ3v) is 5.40. The predicted octanol–water partition coefficient (Wildman–Crippen LogP) is 2.25. The lowest BCUT2D eigenvalue weighted by atomic mass is 10.2. The fraction of sp³-hybridized carbons (Fsp3) is 0.286. The van der Waals surface area contributed by atoms with Crippen molar-refractivity contribution in [3.05, 3.63) is 51.7 Å². The molecule has 0 amide bonds. The maximum atomic E-state index is 12.3. The van der Waals surface area contributed by atoms with E-state index in [2.05, 4.69) is 10.0 Å². The van der Waals surface area contributed by atoms with Crippen LogP contribution in [0.1, 0.15) is 16.0 Å². The normalized spacial score (nSPS) is 11.7. The molecule has 2 rings (SSSR count). The molecule has 6 heteroatoms. The Hall–Kier alpha value is -1.21. The second-order valence-corrected chi connectivity index (χ2v) is 7.30. The summed E-state index contributed by atoms with van der Waals surface area (Å²) >= 11 is 1.56. The van der Waals surface area contributed by atoms with Gasteiger partial charge in [-0.1, -0.05) is 12.1 Å². The van der Waals surface area contributed by atoms with E-state index in [-0.39, 0.29) is 0 Å². The van der Waals surface area contributed by atoms with E-state index in [0.717, 1.165) is 16.0 Å². The summed E-state index contributed by atoms with van der Waals surface area (Å²) < 4.78 is 27.2. The predicted molar refractivity (Wildman–Crippen MR) is 82.3 cm³/mol. The summed E-state index contributed by atoms with van der Waals surface area (Å²) in [4.78, 5) is 1.35. The molecule has 2 aromatic rings. The molecule has 0 radical (unpaired) electrons. The zero-order valence-corrected chi connectivity index (χ0v) is 13.1. The number of nitrogens with one attached hydrogen (secondary N) is 2. The highest BCUT2D eigenvalue weighted by molar-refractivity contribution is 7.89. The van der Waals surface area contributed by atoms with E-state index in [1.165, 1.54) is 0 Å². The van der Waals surface area contributed by atoms with Crippen LogP contribution in [0, 0.1) is 6.92 Å². The zero-order chi connectivity index (χ0) is 14.6. The molecular weight excluding hydrogens is 292 g/mol. The van der Waals surface area contributed by atoms with Crippen molar-refractivity contribution in [2.45, 2.75) is 24.9 Å². The molecule has 4 nitrogen and oxygen atoms in total. The lowest BCUT2D eigenvalue weighted by Crippen LogP contribution is -2.23. The second kappa shape index (κ2) is 6.49. The molecule has 1 aromatic heterocycles.